The van der Waals surface area contributed by atoms with Gasteiger partial charge in [0.15, 0.2) is 5.82 Å². The number of hydrogen-bond donors (Lipinski definition) is 1. The van der Waals surface area contributed by atoms with E-state index in [2.05, 4.69) is 38.8 Å². The highest BCUT2D eigenvalue weighted by molar-refractivity contribution is 9.10. The van der Waals surface area contributed by atoms with E-state index < -0.39 is 5.60 Å². The van der Waals surface area contributed by atoms with E-state index >= 15 is 0 Å². The molecule has 1 N–H and O–H groups in total. The molecule has 0 unspecified atom stereocenters. The lowest BCUT2D eigenvalue weighted by molar-refractivity contribution is 0.0527. The van der Waals surface area contributed by atoms with Gasteiger partial charge < -0.3 is 29.0 Å². The van der Waals surface area contributed by atoms with Crippen molar-refractivity contribution in [1.29, 1.82) is 0 Å². The number of anilines is 2. The van der Waals surface area contributed by atoms with Gasteiger partial charge >= 0.3 is 6.09 Å². The molecule has 10 heteroatoms. The number of amides is 1. The highest BCUT2D eigenvalue weighted by atomic mass is 79.9. The minimum absolute atomic E-state index is 0.386. The van der Waals surface area contributed by atoms with Crippen LogP contribution in [-0.4, -0.2) is 54.0 Å². The lowest BCUT2D eigenvalue weighted by Gasteiger charge is -2.22. The van der Waals surface area contributed by atoms with Gasteiger partial charge in [-0.25, -0.2) is 14.8 Å². The molecule has 2 heterocycles. The molecule has 4 aromatic rings. The smallest absolute Gasteiger partial charge is 0.407 e. The van der Waals surface area contributed by atoms with Crippen molar-refractivity contribution in [1.82, 2.24) is 19.9 Å². The summed E-state index contributed by atoms with van der Waals surface area (Å²) in [6.07, 6.45) is 4.28. The van der Waals surface area contributed by atoms with Crippen LogP contribution in [0.4, 0.5) is 16.3 Å². The molecule has 0 radical (unpaired) electrons. The third kappa shape index (κ3) is 7.27. The predicted octanol–water partition coefficient (Wildman–Crippen LogP) is 7.78. The number of carbonyl (C=O) groups excluding carboxylic acids is 1. The molecule has 42 heavy (non-hydrogen) atoms. The standard InChI is InChI=1S/C32H42BrN5O4/c1-8-9-12-27-36-28-29(38(27)18-11-10-17-34-31(39)42-32(2,3)4)23-19-21(33)13-15-24(23)35-30(28)37(5)25-16-14-22(40-6)20-26(25)41-7/h13-16,19-20H,8-12,17-18H2,1-7H3,(H,34,39). The van der Waals surface area contributed by atoms with E-state index in [9.17, 15) is 4.79 Å². The van der Waals surface area contributed by atoms with Gasteiger partial charge in [-0.2, -0.15) is 0 Å². The van der Waals surface area contributed by atoms with Gasteiger partial charge in [-0.1, -0.05) is 29.3 Å². The Morgan fingerprint density at radius 1 is 1.05 bits per heavy atom. The molecule has 1 amide bonds. The molecule has 0 aliphatic heterocycles. The SMILES string of the molecule is CCCCc1nc2c(N(C)c3ccc(OC)cc3OC)nc3ccc(Br)cc3c2n1CCCCNC(=O)OC(C)(C)C. The fourth-order valence-corrected chi connectivity index (χ4v) is 5.33. The summed E-state index contributed by atoms with van der Waals surface area (Å²) in [6.45, 7) is 9.10. The maximum Gasteiger partial charge on any atom is 0.407 e. The number of aryl methyl sites for hydroxylation is 2. The molecule has 0 atom stereocenters. The van der Waals surface area contributed by atoms with Gasteiger partial charge in [-0.05, 0) is 70.4 Å². The van der Waals surface area contributed by atoms with Gasteiger partial charge in [-0.3, -0.25) is 0 Å². The molecule has 0 aliphatic carbocycles. The lowest BCUT2D eigenvalue weighted by atomic mass is 10.1. The van der Waals surface area contributed by atoms with Gasteiger partial charge in [0, 0.05) is 42.5 Å². The number of unbranched alkanes of at least 4 members (excludes halogenated alkanes) is 2. The summed E-state index contributed by atoms with van der Waals surface area (Å²) in [4.78, 5) is 24.5. The second-order valence-corrected chi connectivity index (χ2v) is 12.2. The van der Waals surface area contributed by atoms with Crippen molar-refractivity contribution in [3.63, 3.8) is 0 Å². The summed E-state index contributed by atoms with van der Waals surface area (Å²) in [6, 6.07) is 11.9. The first-order chi connectivity index (χ1) is 20.1. The highest BCUT2D eigenvalue weighted by Gasteiger charge is 2.23. The van der Waals surface area contributed by atoms with Crippen molar-refractivity contribution < 1.29 is 19.0 Å². The number of nitrogens with zero attached hydrogens (tertiary/aromatic N) is 4. The molecule has 226 valence electrons. The maximum absolute atomic E-state index is 12.1. The van der Waals surface area contributed by atoms with Crippen LogP contribution in [0.15, 0.2) is 40.9 Å². The molecule has 4 rings (SSSR count). The average Bonchev–Trinajstić information content (AvgIpc) is 3.32. The summed E-state index contributed by atoms with van der Waals surface area (Å²) in [7, 11) is 5.29. The third-order valence-corrected chi connectivity index (χ3v) is 7.49. The van der Waals surface area contributed by atoms with Crippen LogP contribution in [-0.2, 0) is 17.7 Å². The van der Waals surface area contributed by atoms with Crippen LogP contribution in [0.2, 0.25) is 0 Å². The van der Waals surface area contributed by atoms with E-state index in [-0.39, 0.29) is 6.09 Å². The van der Waals surface area contributed by atoms with Gasteiger partial charge in [0.05, 0.1) is 30.9 Å². The van der Waals surface area contributed by atoms with Gasteiger partial charge in [-0.15, -0.1) is 0 Å². The monoisotopic (exact) mass is 639 g/mol. The fraction of sp³-hybridized carbons (Fsp3) is 0.469. The summed E-state index contributed by atoms with van der Waals surface area (Å²) in [5, 5.41) is 3.92. The van der Waals surface area contributed by atoms with Crippen LogP contribution in [0.1, 0.15) is 59.2 Å². The number of imidazole rings is 1. The zero-order valence-corrected chi connectivity index (χ0v) is 27.3. The van der Waals surface area contributed by atoms with Crippen molar-refractivity contribution in [3.05, 3.63) is 46.7 Å². The van der Waals surface area contributed by atoms with E-state index in [1.54, 1.807) is 14.2 Å². The maximum atomic E-state index is 12.1. The van der Waals surface area contributed by atoms with Crippen molar-refractivity contribution in [2.45, 2.75) is 71.9 Å². The zero-order valence-electron chi connectivity index (χ0n) is 25.7. The molecule has 0 aliphatic rings. The minimum atomic E-state index is -0.516. The Hall–Kier alpha value is -3.53. The molecule has 0 saturated heterocycles. The Labute approximate surface area is 256 Å². The molecule has 0 saturated carbocycles. The number of carbonyl (C=O) groups is 1. The van der Waals surface area contributed by atoms with Crippen LogP contribution >= 0.6 is 15.9 Å². The summed E-state index contributed by atoms with van der Waals surface area (Å²) >= 11 is 3.67. The number of ether oxygens (including phenoxy) is 3. The van der Waals surface area contributed by atoms with Crippen molar-refractivity contribution in [2.75, 3.05) is 32.7 Å². The van der Waals surface area contributed by atoms with Crippen LogP contribution in [0, 0.1) is 0 Å². The van der Waals surface area contributed by atoms with E-state index in [1.807, 2.05) is 63.1 Å². The van der Waals surface area contributed by atoms with E-state index in [4.69, 9.17) is 24.2 Å². The largest absolute Gasteiger partial charge is 0.497 e. The second-order valence-electron chi connectivity index (χ2n) is 11.3. The Morgan fingerprint density at radius 2 is 1.83 bits per heavy atom. The second kappa shape index (κ2) is 13.6. The average molecular weight is 641 g/mol. The number of aromatic nitrogens is 3. The number of nitrogens with one attached hydrogen (secondary N) is 1. The number of pyridine rings is 1. The molecule has 0 fully saturated rings. The summed E-state index contributed by atoms with van der Waals surface area (Å²) in [5.41, 5.74) is 3.13. The fourth-order valence-electron chi connectivity index (χ4n) is 4.97. The number of hydrogen-bond acceptors (Lipinski definition) is 7. The van der Waals surface area contributed by atoms with Crippen molar-refractivity contribution >= 4 is 55.5 Å². The minimum Gasteiger partial charge on any atom is -0.497 e. The van der Waals surface area contributed by atoms with Crippen LogP contribution in [0.25, 0.3) is 21.9 Å². The number of alkyl carbamates (subject to hydrolysis) is 1. The third-order valence-electron chi connectivity index (χ3n) is 7.00. The van der Waals surface area contributed by atoms with Crippen LogP contribution < -0.4 is 19.7 Å². The highest BCUT2D eigenvalue weighted by Crippen LogP contribution is 2.40. The molecular formula is C32H42BrN5O4. The van der Waals surface area contributed by atoms with E-state index in [1.165, 1.54) is 0 Å². The molecule has 2 aromatic heterocycles. The quantitative estimate of drug-likeness (QED) is 0.158. The number of methoxy groups -OCH3 is 2. The van der Waals surface area contributed by atoms with Gasteiger partial charge in [0.2, 0.25) is 0 Å². The molecular weight excluding hydrogens is 598 g/mol. The van der Waals surface area contributed by atoms with Gasteiger partial charge in [0.25, 0.3) is 0 Å². The first-order valence-electron chi connectivity index (χ1n) is 14.5. The summed E-state index contributed by atoms with van der Waals surface area (Å²) in [5.74, 6) is 3.20. The first kappa shape index (κ1) is 31.4. The molecule has 2 aromatic carbocycles. The summed E-state index contributed by atoms with van der Waals surface area (Å²) < 4.78 is 19.9. The predicted molar refractivity (Wildman–Crippen MR) is 172 cm³/mol. The van der Waals surface area contributed by atoms with E-state index in [0.717, 1.165) is 88.1 Å². The molecule has 0 bridgehead atoms. The molecule has 9 nitrogen and oxygen atoms in total. The Balaban J connectivity index is 1.75. The number of benzene rings is 2. The first-order valence-corrected chi connectivity index (χ1v) is 15.3. The zero-order chi connectivity index (χ0) is 30.4. The Bertz CT molecular complexity index is 1550. The normalized spacial score (nSPS) is 11.6. The van der Waals surface area contributed by atoms with E-state index in [0.29, 0.717) is 12.3 Å². The number of fused-ring (bicyclic) bond motifs is 3. The lowest BCUT2D eigenvalue weighted by Crippen LogP contribution is -2.33. The van der Waals surface area contributed by atoms with Crippen LogP contribution in [0.5, 0.6) is 11.5 Å². The number of rotatable bonds is 12. The molecule has 0 spiro atoms. The Kier molecular flexibility index (Phi) is 10.2. The Morgan fingerprint density at radius 3 is 2.52 bits per heavy atom. The van der Waals surface area contributed by atoms with Crippen molar-refractivity contribution in [3.8, 4) is 11.5 Å². The van der Waals surface area contributed by atoms with Gasteiger partial charge in [0.1, 0.15) is 28.4 Å². The topological polar surface area (TPSA) is 90.7 Å². The van der Waals surface area contributed by atoms with Crippen LogP contribution in [0.3, 0.4) is 0 Å². The number of halogens is 1. The van der Waals surface area contributed by atoms with Crippen molar-refractivity contribution in [2.24, 2.45) is 0 Å².